The highest BCUT2D eigenvalue weighted by atomic mass is 32.2. The summed E-state index contributed by atoms with van der Waals surface area (Å²) in [6.45, 7) is 6.09. The fraction of sp³-hybridized carbons (Fsp3) is 0.750. The molecule has 7 nitrogen and oxygen atoms in total. The van der Waals surface area contributed by atoms with Gasteiger partial charge in [0.25, 0.3) is 0 Å². The minimum absolute atomic E-state index is 0.233. The zero-order valence-electron chi connectivity index (χ0n) is 12.6. The maximum absolute atomic E-state index is 12.8. The monoisotopic (exact) mass is 305 g/mol. The molecule has 1 heterocycles. The normalized spacial score (nSPS) is 13.9. The second-order valence-corrected chi connectivity index (χ2v) is 6.50. The Morgan fingerprint density at radius 2 is 1.95 bits per heavy atom. The van der Waals surface area contributed by atoms with Gasteiger partial charge < -0.3 is 9.47 Å². The molecule has 8 heteroatoms. The first-order valence-electron chi connectivity index (χ1n) is 6.37. The van der Waals surface area contributed by atoms with Crippen molar-refractivity contribution in [3.63, 3.8) is 0 Å². The van der Waals surface area contributed by atoms with Crippen LogP contribution in [-0.2, 0) is 19.5 Å². The largest absolute Gasteiger partial charge is 0.383 e. The van der Waals surface area contributed by atoms with Gasteiger partial charge in [0.05, 0.1) is 24.6 Å². The smallest absolute Gasteiger partial charge is 0.247 e. The summed E-state index contributed by atoms with van der Waals surface area (Å²) in [7, 11) is -0.544. The topological polar surface area (TPSA) is 84.5 Å². The van der Waals surface area contributed by atoms with Gasteiger partial charge in [-0.3, -0.25) is 5.10 Å². The highest BCUT2D eigenvalue weighted by molar-refractivity contribution is 7.89. The second kappa shape index (κ2) is 7.16. The SMILES string of the molecule is COCCN(C(C)COC)S(=O)(=O)c1c(C)n[nH]c1C. The summed E-state index contributed by atoms with van der Waals surface area (Å²) in [6.07, 6.45) is 0. The molecule has 1 aromatic heterocycles. The molecule has 0 radical (unpaired) electrons. The zero-order valence-corrected chi connectivity index (χ0v) is 13.5. The van der Waals surface area contributed by atoms with E-state index in [-0.39, 0.29) is 17.5 Å². The highest BCUT2D eigenvalue weighted by Gasteiger charge is 2.32. The van der Waals surface area contributed by atoms with E-state index in [1.807, 2.05) is 6.92 Å². The number of hydrogen-bond acceptors (Lipinski definition) is 5. The van der Waals surface area contributed by atoms with Crippen molar-refractivity contribution in [2.24, 2.45) is 0 Å². The number of aromatic nitrogens is 2. The van der Waals surface area contributed by atoms with Gasteiger partial charge in [0.2, 0.25) is 10.0 Å². The molecule has 1 rings (SSSR count). The summed E-state index contributed by atoms with van der Waals surface area (Å²) in [5.74, 6) is 0. The van der Waals surface area contributed by atoms with Gasteiger partial charge in [-0.2, -0.15) is 9.40 Å². The molecule has 0 saturated carbocycles. The van der Waals surface area contributed by atoms with Crippen molar-refractivity contribution in [2.45, 2.75) is 31.7 Å². The van der Waals surface area contributed by atoms with E-state index in [2.05, 4.69) is 10.2 Å². The summed E-state index contributed by atoms with van der Waals surface area (Å²) >= 11 is 0. The number of aryl methyl sites for hydroxylation is 2. The van der Waals surface area contributed by atoms with Gasteiger partial charge in [-0.15, -0.1) is 0 Å². The van der Waals surface area contributed by atoms with Crippen molar-refractivity contribution >= 4 is 10.0 Å². The van der Waals surface area contributed by atoms with Crippen LogP contribution in [0.1, 0.15) is 18.3 Å². The molecule has 0 aliphatic heterocycles. The summed E-state index contributed by atoms with van der Waals surface area (Å²) < 4.78 is 37.1. The van der Waals surface area contributed by atoms with E-state index < -0.39 is 10.0 Å². The third-order valence-corrected chi connectivity index (χ3v) is 5.32. The molecule has 0 aromatic carbocycles. The van der Waals surface area contributed by atoms with E-state index in [4.69, 9.17) is 9.47 Å². The Labute approximate surface area is 120 Å². The molecule has 1 N–H and O–H groups in total. The number of nitrogens with one attached hydrogen (secondary N) is 1. The molecule has 1 atom stereocenters. The number of aromatic amines is 1. The van der Waals surface area contributed by atoms with Gasteiger partial charge in [0, 0.05) is 26.8 Å². The molecule has 0 aliphatic carbocycles. The number of H-pyrrole nitrogens is 1. The van der Waals surface area contributed by atoms with Crippen LogP contribution < -0.4 is 0 Å². The van der Waals surface area contributed by atoms with Crippen LogP contribution in [0.3, 0.4) is 0 Å². The maximum atomic E-state index is 12.8. The Bertz CT molecular complexity index is 507. The average Bonchev–Trinajstić information content (AvgIpc) is 2.70. The van der Waals surface area contributed by atoms with Crippen LogP contribution in [0.25, 0.3) is 0 Å². The lowest BCUT2D eigenvalue weighted by molar-refractivity contribution is 0.119. The van der Waals surface area contributed by atoms with E-state index in [0.29, 0.717) is 24.6 Å². The Morgan fingerprint density at radius 3 is 2.40 bits per heavy atom. The summed E-state index contributed by atoms with van der Waals surface area (Å²) in [5.41, 5.74) is 1.00. The molecule has 116 valence electrons. The second-order valence-electron chi connectivity index (χ2n) is 4.68. The molecule has 0 saturated heterocycles. The molecule has 20 heavy (non-hydrogen) atoms. The minimum Gasteiger partial charge on any atom is -0.383 e. The minimum atomic E-state index is -3.63. The fourth-order valence-corrected chi connectivity index (χ4v) is 4.06. The van der Waals surface area contributed by atoms with Gasteiger partial charge in [-0.05, 0) is 20.8 Å². The molecule has 1 aromatic rings. The first kappa shape index (κ1) is 17.1. The van der Waals surface area contributed by atoms with Gasteiger partial charge in [0.1, 0.15) is 4.90 Å². The molecule has 0 spiro atoms. The lowest BCUT2D eigenvalue weighted by Crippen LogP contribution is -2.43. The van der Waals surface area contributed by atoms with E-state index in [1.165, 1.54) is 4.31 Å². The molecule has 1 unspecified atom stereocenters. The molecule has 0 fully saturated rings. The van der Waals surface area contributed by atoms with Crippen LogP contribution in [-0.4, -0.2) is 62.9 Å². The summed E-state index contributed by atoms with van der Waals surface area (Å²) in [6, 6.07) is -0.283. The van der Waals surface area contributed by atoms with E-state index in [0.717, 1.165) is 0 Å². The lowest BCUT2D eigenvalue weighted by Gasteiger charge is -2.27. The van der Waals surface area contributed by atoms with E-state index >= 15 is 0 Å². The van der Waals surface area contributed by atoms with Crippen molar-refractivity contribution < 1.29 is 17.9 Å². The molecule has 0 amide bonds. The maximum Gasteiger partial charge on any atom is 0.247 e. The molecular weight excluding hydrogens is 282 g/mol. The Balaban J connectivity index is 3.17. The van der Waals surface area contributed by atoms with Crippen LogP contribution >= 0.6 is 0 Å². The van der Waals surface area contributed by atoms with Crippen molar-refractivity contribution in [2.75, 3.05) is 34.0 Å². The standard InChI is InChI=1S/C12H23N3O4S/c1-9(8-19-5)15(6-7-18-4)20(16,17)12-10(2)13-14-11(12)3/h9H,6-8H2,1-5H3,(H,13,14). The predicted octanol–water partition coefficient (Wildman–Crippen LogP) is 0.699. The summed E-state index contributed by atoms with van der Waals surface area (Å²) in [5, 5.41) is 6.66. The van der Waals surface area contributed by atoms with Crippen molar-refractivity contribution in [3.05, 3.63) is 11.4 Å². The van der Waals surface area contributed by atoms with Crippen LogP contribution in [0.15, 0.2) is 4.90 Å². The first-order chi connectivity index (χ1) is 9.36. The first-order valence-corrected chi connectivity index (χ1v) is 7.81. The van der Waals surface area contributed by atoms with Crippen LogP contribution in [0.4, 0.5) is 0 Å². The quantitative estimate of drug-likeness (QED) is 0.764. The lowest BCUT2D eigenvalue weighted by atomic mass is 10.3. The van der Waals surface area contributed by atoms with Gasteiger partial charge in [-0.25, -0.2) is 8.42 Å². The third kappa shape index (κ3) is 3.57. The highest BCUT2D eigenvalue weighted by Crippen LogP contribution is 2.23. The number of hydrogen-bond donors (Lipinski definition) is 1. The van der Waals surface area contributed by atoms with Crippen LogP contribution in [0.2, 0.25) is 0 Å². The van der Waals surface area contributed by atoms with E-state index in [1.54, 1.807) is 28.1 Å². The Morgan fingerprint density at radius 1 is 1.30 bits per heavy atom. The summed E-state index contributed by atoms with van der Waals surface area (Å²) in [4.78, 5) is 0.233. The fourth-order valence-electron chi connectivity index (χ4n) is 2.12. The Hall–Kier alpha value is -0.960. The van der Waals surface area contributed by atoms with Crippen LogP contribution in [0.5, 0.6) is 0 Å². The molecule has 0 aliphatic rings. The van der Waals surface area contributed by atoms with Crippen molar-refractivity contribution in [1.82, 2.24) is 14.5 Å². The predicted molar refractivity (Wildman–Crippen MR) is 75.2 cm³/mol. The molecule has 0 bridgehead atoms. The van der Waals surface area contributed by atoms with Gasteiger partial charge in [0.15, 0.2) is 0 Å². The van der Waals surface area contributed by atoms with Crippen LogP contribution in [0, 0.1) is 13.8 Å². The third-order valence-electron chi connectivity index (χ3n) is 3.04. The van der Waals surface area contributed by atoms with Crippen molar-refractivity contribution in [1.29, 1.82) is 0 Å². The van der Waals surface area contributed by atoms with Gasteiger partial charge >= 0.3 is 0 Å². The number of nitrogens with zero attached hydrogens (tertiary/aromatic N) is 2. The number of rotatable bonds is 8. The van der Waals surface area contributed by atoms with Crippen molar-refractivity contribution in [3.8, 4) is 0 Å². The molecular formula is C12H23N3O4S. The zero-order chi connectivity index (χ0) is 15.3. The van der Waals surface area contributed by atoms with E-state index in [9.17, 15) is 8.42 Å². The Kier molecular flexibility index (Phi) is 6.12. The number of sulfonamides is 1. The average molecular weight is 305 g/mol. The van der Waals surface area contributed by atoms with Gasteiger partial charge in [-0.1, -0.05) is 0 Å². The number of methoxy groups -OCH3 is 2. The number of ether oxygens (including phenoxy) is 2.